The maximum Gasteiger partial charge on any atom is 0.253 e. The molecule has 0 fully saturated rings. The van der Waals surface area contributed by atoms with Crippen LogP contribution in [0.3, 0.4) is 0 Å². The van der Waals surface area contributed by atoms with Gasteiger partial charge < -0.3 is 4.90 Å². The molecule has 1 amide bonds. The third-order valence-corrected chi connectivity index (χ3v) is 5.19. The number of nitrogens with one attached hydrogen (secondary N) is 1. The summed E-state index contributed by atoms with van der Waals surface area (Å²) in [7, 11) is 1.83. The van der Waals surface area contributed by atoms with Crippen LogP contribution in [0.5, 0.6) is 0 Å². The average molecular weight is 398 g/mol. The van der Waals surface area contributed by atoms with Crippen LogP contribution in [0.15, 0.2) is 54.6 Å². The van der Waals surface area contributed by atoms with Gasteiger partial charge in [-0.05, 0) is 67.1 Å². The molecular formula is C22H24FN3OS. The number of H-pyrrole nitrogens is 1. The van der Waals surface area contributed by atoms with Crippen LogP contribution in [0.4, 0.5) is 4.39 Å². The molecule has 0 radical (unpaired) electrons. The average Bonchev–Trinajstić information content (AvgIpc) is 3.17. The second kappa shape index (κ2) is 9.55. The summed E-state index contributed by atoms with van der Waals surface area (Å²) < 4.78 is 13.0. The Kier molecular flexibility index (Phi) is 6.87. The van der Waals surface area contributed by atoms with Gasteiger partial charge in [-0.15, -0.1) is 0 Å². The van der Waals surface area contributed by atoms with Crippen molar-refractivity contribution >= 4 is 17.7 Å². The normalized spacial score (nSPS) is 10.8. The van der Waals surface area contributed by atoms with Crippen LogP contribution in [-0.4, -0.2) is 40.9 Å². The van der Waals surface area contributed by atoms with Gasteiger partial charge >= 0.3 is 0 Å². The van der Waals surface area contributed by atoms with E-state index < -0.39 is 0 Å². The molecule has 0 spiro atoms. The van der Waals surface area contributed by atoms with Gasteiger partial charge in [-0.1, -0.05) is 12.1 Å². The van der Waals surface area contributed by atoms with Gasteiger partial charge in [0.25, 0.3) is 5.91 Å². The van der Waals surface area contributed by atoms with E-state index in [0.29, 0.717) is 12.1 Å². The lowest BCUT2D eigenvalue weighted by Gasteiger charge is -2.17. The number of carbonyl (C=O) groups excluding carboxylic acids is 1. The molecule has 0 saturated carbocycles. The Morgan fingerprint density at radius 3 is 2.54 bits per heavy atom. The van der Waals surface area contributed by atoms with E-state index in [2.05, 4.69) is 16.5 Å². The van der Waals surface area contributed by atoms with Crippen molar-refractivity contribution in [3.8, 4) is 11.3 Å². The quantitative estimate of drug-likeness (QED) is 0.595. The number of rotatable bonds is 8. The largest absolute Gasteiger partial charge is 0.342 e. The minimum atomic E-state index is -0.258. The third-order valence-electron chi connectivity index (χ3n) is 4.57. The Morgan fingerprint density at radius 1 is 1.14 bits per heavy atom. The van der Waals surface area contributed by atoms with Crippen molar-refractivity contribution in [1.29, 1.82) is 0 Å². The van der Waals surface area contributed by atoms with E-state index in [1.807, 2.05) is 37.4 Å². The zero-order valence-electron chi connectivity index (χ0n) is 16.1. The molecule has 3 rings (SSSR count). The van der Waals surface area contributed by atoms with Crippen LogP contribution in [0, 0.1) is 5.82 Å². The topological polar surface area (TPSA) is 49.0 Å². The third kappa shape index (κ3) is 5.23. The Morgan fingerprint density at radius 2 is 1.86 bits per heavy atom. The van der Waals surface area contributed by atoms with E-state index in [-0.39, 0.29) is 11.7 Å². The summed E-state index contributed by atoms with van der Waals surface area (Å²) in [6, 6.07) is 16.1. The molecule has 0 aliphatic carbocycles. The molecule has 3 aromatic rings. The lowest BCUT2D eigenvalue weighted by molar-refractivity contribution is 0.0793. The molecule has 28 heavy (non-hydrogen) atoms. The molecule has 0 unspecified atom stereocenters. The highest BCUT2D eigenvalue weighted by atomic mass is 32.2. The maximum absolute atomic E-state index is 13.0. The van der Waals surface area contributed by atoms with Gasteiger partial charge in [-0.3, -0.25) is 9.89 Å². The Labute approximate surface area is 169 Å². The fourth-order valence-corrected chi connectivity index (χ4v) is 3.52. The summed E-state index contributed by atoms with van der Waals surface area (Å²) in [4.78, 5) is 14.3. The van der Waals surface area contributed by atoms with E-state index in [9.17, 15) is 9.18 Å². The summed E-state index contributed by atoms with van der Waals surface area (Å²) in [5, 5.41) is 7.31. The van der Waals surface area contributed by atoms with Gasteiger partial charge in [0, 0.05) is 36.2 Å². The summed E-state index contributed by atoms with van der Waals surface area (Å²) in [6.45, 7) is 0.663. The number of aromatic amines is 1. The smallest absolute Gasteiger partial charge is 0.253 e. The SMILES string of the molecule is CSCc1ccc(C(=O)N(C)CCCc2cc(-c3ccc(F)cc3)n[nH]2)cc1. The number of carbonyl (C=O) groups is 1. The van der Waals surface area contributed by atoms with Gasteiger partial charge in [0.2, 0.25) is 0 Å². The summed E-state index contributed by atoms with van der Waals surface area (Å²) in [6.07, 6.45) is 3.69. The number of hydrogen-bond acceptors (Lipinski definition) is 3. The van der Waals surface area contributed by atoms with Crippen LogP contribution in [0.1, 0.15) is 28.0 Å². The number of thioether (sulfide) groups is 1. The molecule has 4 nitrogen and oxygen atoms in total. The predicted octanol–water partition coefficient (Wildman–Crippen LogP) is 4.78. The number of nitrogens with zero attached hydrogens (tertiary/aromatic N) is 2. The predicted molar refractivity (Wildman–Crippen MR) is 113 cm³/mol. The van der Waals surface area contributed by atoms with Crippen molar-refractivity contribution in [3.05, 3.63) is 77.2 Å². The highest BCUT2D eigenvalue weighted by Gasteiger charge is 2.12. The van der Waals surface area contributed by atoms with Crippen molar-refractivity contribution in [2.45, 2.75) is 18.6 Å². The summed E-state index contributed by atoms with van der Waals surface area (Å²) in [5.41, 5.74) is 4.61. The van der Waals surface area contributed by atoms with Crippen LogP contribution in [-0.2, 0) is 12.2 Å². The number of hydrogen-bond donors (Lipinski definition) is 1. The molecule has 6 heteroatoms. The standard InChI is InChI=1S/C22H24FN3OS/c1-26(22(27)18-7-5-16(6-8-18)15-28-2)13-3-4-20-14-21(25-24-20)17-9-11-19(23)12-10-17/h5-12,14H,3-4,13,15H2,1-2H3,(H,24,25). The first-order valence-electron chi connectivity index (χ1n) is 9.20. The number of amides is 1. The molecule has 0 saturated heterocycles. The van der Waals surface area contributed by atoms with Crippen molar-refractivity contribution in [1.82, 2.24) is 15.1 Å². The van der Waals surface area contributed by atoms with Crippen LogP contribution < -0.4 is 0 Å². The van der Waals surface area contributed by atoms with Crippen molar-refractivity contribution < 1.29 is 9.18 Å². The van der Waals surface area contributed by atoms with Crippen molar-refractivity contribution in [3.63, 3.8) is 0 Å². The van der Waals surface area contributed by atoms with Gasteiger partial charge in [-0.2, -0.15) is 16.9 Å². The number of aromatic nitrogens is 2. The Bertz CT molecular complexity index is 906. The first kappa shape index (κ1) is 20.1. The number of halogens is 1. The second-order valence-corrected chi connectivity index (χ2v) is 7.61. The monoisotopic (exact) mass is 397 g/mol. The van der Waals surface area contributed by atoms with Crippen molar-refractivity contribution in [2.75, 3.05) is 19.8 Å². The minimum absolute atomic E-state index is 0.0345. The van der Waals surface area contributed by atoms with E-state index in [1.54, 1.807) is 28.8 Å². The molecule has 0 aliphatic heterocycles. The van der Waals surface area contributed by atoms with Crippen molar-refractivity contribution in [2.24, 2.45) is 0 Å². The van der Waals surface area contributed by atoms with Crippen LogP contribution in [0.25, 0.3) is 11.3 Å². The first-order chi connectivity index (χ1) is 13.6. The van der Waals surface area contributed by atoms with E-state index >= 15 is 0 Å². The van der Waals surface area contributed by atoms with Gasteiger partial charge in [0.1, 0.15) is 5.82 Å². The fourth-order valence-electron chi connectivity index (χ4n) is 3.00. The lowest BCUT2D eigenvalue weighted by atomic mass is 10.1. The molecule has 146 valence electrons. The molecular weight excluding hydrogens is 373 g/mol. The molecule has 2 aromatic carbocycles. The summed E-state index contributed by atoms with van der Waals surface area (Å²) >= 11 is 1.77. The Hall–Kier alpha value is -2.60. The maximum atomic E-state index is 13.0. The highest BCUT2D eigenvalue weighted by Crippen LogP contribution is 2.18. The number of benzene rings is 2. The minimum Gasteiger partial charge on any atom is -0.342 e. The fraction of sp³-hybridized carbons (Fsp3) is 0.273. The second-order valence-electron chi connectivity index (χ2n) is 6.75. The molecule has 1 aromatic heterocycles. The first-order valence-corrected chi connectivity index (χ1v) is 10.6. The van der Waals surface area contributed by atoms with Crippen LogP contribution in [0.2, 0.25) is 0 Å². The van der Waals surface area contributed by atoms with E-state index in [4.69, 9.17) is 0 Å². The number of aryl methyl sites for hydroxylation is 1. The zero-order chi connectivity index (χ0) is 19.9. The highest BCUT2D eigenvalue weighted by molar-refractivity contribution is 7.97. The molecule has 1 heterocycles. The van der Waals surface area contributed by atoms with E-state index in [0.717, 1.165) is 35.5 Å². The lowest BCUT2D eigenvalue weighted by Crippen LogP contribution is -2.28. The molecule has 0 aliphatic rings. The van der Waals surface area contributed by atoms with Gasteiger partial charge in [0.15, 0.2) is 0 Å². The zero-order valence-corrected chi connectivity index (χ0v) is 16.9. The van der Waals surface area contributed by atoms with Crippen LogP contribution >= 0.6 is 11.8 Å². The summed E-state index contributed by atoms with van der Waals surface area (Å²) in [5.74, 6) is 0.729. The molecule has 1 N–H and O–H groups in total. The molecule has 0 bridgehead atoms. The Balaban J connectivity index is 1.50. The van der Waals surface area contributed by atoms with E-state index in [1.165, 1.54) is 17.7 Å². The van der Waals surface area contributed by atoms with Gasteiger partial charge in [0.05, 0.1) is 5.69 Å². The molecule has 0 atom stereocenters. The van der Waals surface area contributed by atoms with Gasteiger partial charge in [-0.25, -0.2) is 4.39 Å².